The molecule has 1 aliphatic heterocycles. The van der Waals surface area contributed by atoms with Crippen molar-refractivity contribution >= 4 is 11.9 Å². The zero-order chi connectivity index (χ0) is 10.9. The lowest BCUT2D eigenvalue weighted by Gasteiger charge is -2.18. The Bertz CT molecular complexity index is 297. The summed E-state index contributed by atoms with van der Waals surface area (Å²) in [5.74, 6) is -4.67. The Hall–Kier alpha value is -1.65. The van der Waals surface area contributed by atoms with E-state index in [4.69, 9.17) is 15.5 Å². The smallest absolute Gasteiger partial charge is 0.343 e. The van der Waals surface area contributed by atoms with Gasteiger partial charge in [0.15, 0.2) is 18.3 Å². The van der Waals surface area contributed by atoms with Crippen molar-refractivity contribution in [1.82, 2.24) is 0 Å². The highest BCUT2D eigenvalue weighted by molar-refractivity contribution is 5.87. The van der Waals surface area contributed by atoms with Crippen LogP contribution in [0.3, 0.4) is 0 Å². The molecule has 1 saturated heterocycles. The van der Waals surface area contributed by atoms with E-state index in [9.17, 15) is 9.59 Å². The molecule has 2 N–H and O–H groups in total. The summed E-state index contributed by atoms with van der Waals surface area (Å²) in [4.78, 5) is 21.9. The van der Waals surface area contributed by atoms with Crippen LogP contribution in [0.2, 0.25) is 0 Å². The number of esters is 2. The SMILES string of the molecule is CC1(C#N)OC(=O)C(O)C(O)C(=O)O1. The number of carbonyl (C=O) groups excluding carboxylic acids is 2. The minimum absolute atomic E-state index is 1.02. The predicted molar refractivity (Wildman–Crippen MR) is 38.2 cm³/mol. The third-order valence-electron chi connectivity index (χ3n) is 1.58. The molecule has 0 amide bonds. The van der Waals surface area contributed by atoms with Crippen LogP contribution in [0, 0.1) is 11.3 Å². The van der Waals surface area contributed by atoms with Crippen LogP contribution in [0.15, 0.2) is 0 Å². The van der Waals surface area contributed by atoms with Crippen molar-refractivity contribution in [2.24, 2.45) is 0 Å². The Labute approximate surface area is 78.5 Å². The number of carbonyl (C=O) groups is 2. The average Bonchev–Trinajstić information content (AvgIpc) is 2.20. The molecule has 0 radical (unpaired) electrons. The topological polar surface area (TPSA) is 117 Å². The van der Waals surface area contributed by atoms with E-state index < -0.39 is 29.9 Å². The van der Waals surface area contributed by atoms with Crippen molar-refractivity contribution in [2.45, 2.75) is 24.9 Å². The lowest BCUT2D eigenvalue weighted by Crippen LogP contribution is -2.38. The number of ether oxygens (including phenoxy) is 2. The molecule has 0 aliphatic carbocycles. The summed E-state index contributed by atoms with van der Waals surface area (Å²) < 4.78 is 8.70. The average molecular weight is 201 g/mol. The molecule has 0 aromatic heterocycles. The molecule has 0 aromatic rings. The van der Waals surface area contributed by atoms with Gasteiger partial charge in [0.25, 0.3) is 0 Å². The van der Waals surface area contributed by atoms with Crippen LogP contribution in [-0.4, -0.2) is 40.1 Å². The fourth-order valence-corrected chi connectivity index (χ4v) is 0.829. The second-order valence-corrected chi connectivity index (χ2v) is 2.79. The highest BCUT2D eigenvalue weighted by Crippen LogP contribution is 2.19. The Morgan fingerprint density at radius 2 is 1.64 bits per heavy atom. The number of aliphatic hydroxyl groups is 2. The maximum atomic E-state index is 10.9. The van der Waals surface area contributed by atoms with Crippen LogP contribution in [0.25, 0.3) is 0 Å². The van der Waals surface area contributed by atoms with E-state index >= 15 is 0 Å². The molecule has 14 heavy (non-hydrogen) atoms. The molecule has 7 heteroatoms. The van der Waals surface area contributed by atoms with Crippen molar-refractivity contribution in [2.75, 3.05) is 0 Å². The molecule has 7 nitrogen and oxygen atoms in total. The number of hydrogen-bond donors (Lipinski definition) is 2. The molecule has 1 rings (SSSR count). The Balaban J connectivity index is 3.01. The molecule has 0 spiro atoms. The van der Waals surface area contributed by atoms with Gasteiger partial charge in [0.2, 0.25) is 0 Å². The minimum Gasteiger partial charge on any atom is -0.407 e. The first kappa shape index (κ1) is 10.4. The molecule has 2 unspecified atom stereocenters. The molecule has 0 bridgehead atoms. The van der Waals surface area contributed by atoms with Gasteiger partial charge in [0.05, 0.1) is 0 Å². The Morgan fingerprint density at radius 1 is 1.29 bits per heavy atom. The number of cyclic esters (lactones) is 2. The Kier molecular flexibility index (Phi) is 2.42. The maximum absolute atomic E-state index is 10.9. The number of nitrogens with zero attached hydrogens (tertiary/aromatic N) is 1. The fraction of sp³-hybridized carbons (Fsp3) is 0.571. The fourth-order valence-electron chi connectivity index (χ4n) is 0.829. The standard InChI is InChI=1S/C7H7NO6/c1-7(2-8)13-5(11)3(9)4(10)6(12)14-7/h3-4,9-10H,1H3. The lowest BCUT2D eigenvalue weighted by atomic mass is 10.2. The van der Waals surface area contributed by atoms with Gasteiger partial charge >= 0.3 is 17.7 Å². The molecule has 1 fully saturated rings. The van der Waals surface area contributed by atoms with Gasteiger partial charge in [-0.15, -0.1) is 0 Å². The second-order valence-electron chi connectivity index (χ2n) is 2.79. The van der Waals surface area contributed by atoms with Gasteiger partial charge in [-0.2, -0.15) is 5.26 Å². The van der Waals surface area contributed by atoms with Crippen LogP contribution >= 0.6 is 0 Å². The number of aliphatic hydroxyl groups excluding tert-OH is 2. The summed E-state index contributed by atoms with van der Waals surface area (Å²) in [7, 11) is 0. The molecular formula is C7H7NO6. The van der Waals surface area contributed by atoms with Crippen molar-refractivity contribution in [3.05, 3.63) is 0 Å². The number of rotatable bonds is 0. The summed E-state index contributed by atoms with van der Waals surface area (Å²) in [6.07, 6.45) is -4.06. The van der Waals surface area contributed by atoms with Gasteiger partial charge in [-0.3, -0.25) is 0 Å². The van der Waals surface area contributed by atoms with Crippen molar-refractivity contribution in [1.29, 1.82) is 5.26 Å². The highest BCUT2D eigenvalue weighted by Gasteiger charge is 2.45. The van der Waals surface area contributed by atoms with Crippen LogP contribution in [0.4, 0.5) is 0 Å². The van der Waals surface area contributed by atoms with Crippen LogP contribution in [0.1, 0.15) is 6.92 Å². The van der Waals surface area contributed by atoms with E-state index in [2.05, 4.69) is 9.47 Å². The van der Waals surface area contributed by atoms with Gasteiger partial charge in [0.1, 0.15) is 0 Å². The monoisotopic (exact) mass is 201 g/mol. The van der Waals surface area contributed by atoms with Gasteiger partial charge in [-0.05, 0) is 0 Å². The van der Waals surface area contributed by atoms with Crippen molar-refractivity contribution in [3.8, 4) is 6.07 Å². The summed E-state index contributed by atoms with van der Waals surface area (Å²) in [6, 6.07) is 1.41. The van der Waals surface area contributed by atoms with E-state index in [-0.39, 0.29) is 0 Å². The largest absolute Gasteiger partial charge is 0.407 e. The first-order valence-electron chi connectivity index (χ1n) is 3.63. The molecule has 1 heterocycles. The summed E-state index contributed by atoms with van der Waals surface area (Å²) >= 11 is 0. The van der Waals surface area contributed by atoms with Crippen LogP contribution in [-0.2, 0) is 19.1 Å². The molecule has 1 aliphatic rings. The van der Waals surface area contributed by atoms with Gasteiger partial charge in [-0.25, -0.2) is 9.59 Å². The summed E-state index contributed by atoms with van der Waals surface area (Å²) in [5.41, 5.74) is 0. The quantitative estimate of drug-likeness (QED) is 0.437. The Morgan fingerprint density at radius 3 is 1.93 bits per heavy atom. The second kappa shape index (κ2) is 3.25. The van der Waals surface area contributed by atoms with E-state index in [1.54, 1.807) is 0 Å². The van der Waals surface area contributed by atoms with Crippen LogP contribution < -0.4 is 0 Å². The zero-order valence-electron chi connectivity index (χ0n) is 7.13. The zero-order valence-corrected chi connectivity index (χ0v) is 7.13. The number of nitriles is 1. The van der Waals surface area contributed by atoms with Gasteiger partial charge in [0, 0.05) is 6.92 Å². The predicted octanol–water partition coefficient (Wildman–Crippen LogP) is -1.95. The maximum Gasteiger partial charge on any atom is 0.343 e. The molecule has 76 valence electrons. The van der Waals surface area contributed by atoms with E-state index in [0.29, 0.717) is 0 Å². The first-order chi connectivity index (χ1) is 6.39. The number of hydrogen-bond acceptors (Lipinski definition) is 7. The molecule has 2 atom stereocenters. The van der Waals surface area contributed by atoms with E-state index in [1.807, 2.05) is 0 Å². The van der Waals surface area contributed by atoms with Crippen LogP contribution in [0.5, 0.6) is 0 Å². The van der Waals surface area contributed by atoms with Gasteiger partial charge < -0.3 is 19.7 Å². The normalized spacial score (nSPS) is 37.9. The summed E-state index contributed by atoms with van der Waals surface area (Å²) in [6.45, 7) is 1.02. The highest BCUT2D eigenvalue weighted by atomic mass is 16.7. The van der Waals surface area contributed by atoms with Gasteiger partial charge in [-0.1, -0.05) is 0 Å². The van der Waals surface area contributed by atoms with Crippen molar-refractivity contribution < 1.29 is 29.3 Å². The molecule has 0 saturated carbocycles. The van der Waals surface area contributed by atoms with Crippen molar-refractivity contribution in [3.63, 3.8) is 0 Å². The molecular weight excluding hydrogens is 194 g/mol. The third kappa shape index (κ3) is 1.66. The first-order valence-corrected chi connectivity index (χ1v) is 3.63. The summed E-state index contributed by atoms with van der Waals surface area (Å²) in [5, 5.41) is 26.5. The van der Waals surface area contributed by atoms with E-state index in [1.165, 1.54) is 6.07 Å². The minimum atomic E-state index is -2.10. The third-order valence-corrected chi connectivity index (χ3v) is 1.58. The molecule has 0 aromatic carbocycles. The lowest BCUT2D eigenvalue weighted by molar-refractivity contribution is -0.199. The van der Waals surface area contributed by atoms with E-state index in [0.717, 1.165) is 6.92 Å².